The monoisotopic (exact) mass is 330 g/mol. The van der Waals surface area contributed by atoms with E-state index in [1.54, 1.807) is 7.11 Å². The molecule has 1 aromatic carbocycles. The van der Waals surface area contributed by atoms with E-state index in [2.05, 4.69) is 20.2 Å². The number of aryl methyl sites for hydroxylation is 1. The van der Waals surface area contributed by atoms with E-state index >= 15 is 0 Å². The van der Waals surface area contributed by atoms with Crippen LogP contribution in [-0.2, 0) is 4.74 Å². The molecule has 6 heteroatoms. The van der Waals surface area contributed by atoms with E-state index in [4.69, 9.17) is 4.74 Å². The number of aromatic nitrogens is 2. The molecule has 1 saturated heterocycles. The maximum absolute atomic E-state index is 12.3. The van der Waals surface area contributed by atoms with Gasteiger partial charge < -0.3 is 19.9 Å². The molecular formula is C18H26N4O2. The zero-order valence-electron chi connectivity index (χ0n) is 14.5. The molecule has 0 unspecified atom stereocenters. The van der Waals surface area contributed by atoms with Gasteiger partial charge in [0.1, 0.15) is 0 Å². The van der Waals surface area contributed by atoms with E-state index in [-0.39, 0.29) is 5.91 Å². The fourth-order valence-corrected chi connectivity index (χ4v) is 3.27. The minimum absolute atomic E-state index is 0.123. The van der Waals surface area contributed by atoms with Gasteiger partial charge in [0.25, 0.3) is 5.91 Å². The summed E-state index contributed by atoms with van der Waals surface area (Å²) in [5.74, 6) is 0.787. The quantitative estimate of drug-likeness (QED) is 0.762. The smallest absolute Gasteiger partial charge is 0.287 e. The third kappa shape index (κ3) is 4.13. The lowest BCUT2D eigenvalue weighted by atomic mass is 10.1. The van der Waals surface area contributed by atoms with Gasteiger partial charge in [0, 0.05) is 33.4 Å². The predicted octanol–water partition coefficient (Wildman–Crippen LogP) is 1.96. The number of nitrogens with zero attached hydrogens (tertiary/aromatic N) is 2. The van der Waals surface area contributed by atoms with Crippen molar-refractivity contribution in [3.63, 3.8) is 0 Å². The van der Waals surface area contributed by atoms with Gasteiger partial charge in [-0.1, -0.05) is 6.07 Å². The first-order chi connectivity index (χ1) is 11.7. The van der Waals surface area contributed by atoms with E-state index < -0.39 is 0 Å². The number of hydrogen-bond acceptors (Lipinski definition) is 4. The first-order valence-electron chi connectivity index (χ1n) is 8.61. The number of likely N-dealkylation sites (tertiary alicyclic amines) is 1. The number of rotatable bonds is 7. The number of imidazole rings is 1. The van der Waals surface area contributed by atoms with Gasteiger partial charge in [-0.15, -0.1) is 0 Å². The average molecular weight is 330 g/mol. The highest BCUT2D eigenvalue weighted by molar-refractivity contribution is 5.94. The Hall–Kier alpha value is -1.92. The Morgan fingerprint density at radius 1 is 1.50 bits per heavy atom. The summed E-state index contributed by atoms with van der Waals surface area (Å²) in [4.78, 5) is 22.2. The molecule has 1 aliphatic heterocycles. The van der Waals surface area contributed by atoms with E-state index in [9.17, 15) is 4.79 Å². The second-order valence-electron chi connectivity index (χ2n) is 6.62. The van der Waals surface area contributed by atoms with Crippen LogP contribution in [0.25, 0.3) is 11.0 Å². The predicted molar refractivity (Wildman–Crippen MR) is 94.2 cm³/mol. The Morgan fingerprint density at radius 3 is 3.21 bits per heavy atom. The SMILES string of the molecule is COCCCN1CC[C@H](CNC(=O)c2nc3ccc(C)cc3[nH]2)C1. The fourth-order valence-electron chi connectivity index (χ4n) is 3.27. The second-order valence-corrected chi connectivity index (χ2v) is 6.62. The topological polar surface area (TPSA) is 70.2 Å². The first-order valence-corrected chi connectivity index (χ1v) is 8.61. The molecule has 1 fully saturated rings. The number of aromatic amines is 1. The second kappa shape index (κ2) is 7.77. The Bertz CT molecular complexity index is 697. The van der Waals surface area contributed by atoms with Crippen molar-refractivity contribution < 1.29 is 9.53 Å². The Balaban J connectivity index is 1.48. The van der Waals surface area contributed by atoms with Crippen molar-refractivity contribution in [1.82, 2.24) is 20.2 Å². The molecule has 130 valence electrons. The van der Waals surface area contributed by atoms with Gasteiger partial charge in [-0.25, -0.2) is 4.98 Å². The molecule has 2 aromatic rings. The number of carbonyl (C=O) groups excluding carboxylic acids is 1. The number of methoxy groups -OCH3 is 1. The summed E-state index contributed by atoms with van der Waals surface area (Å²) in [6.45, 7) is 6.76. The number of hydrogen-bond donors (Lipinski definition) is 2. The van der Waals surface area contributed by atoms with Gasteiger partial charge in [-0.05, 0) is 49.9 Å². The summed E-state index contributed by atoms with van der Waals surface area (Å²) < 4.78 is 5.09. The van der Waals surface area contributed by atoms with Gasteiger partial charge in [0.05, 0.1) is 11.0 Å². The Kier molecular flexibility index (Phi) is 5.48. The van der Waals surface area contributed by atoms with Crippen LogP contribution in [0.1, 0.15) is 29.0 Å². The molecule has 0 spiro atoms. The number of H-pyrrole nitrogens is 1. The van der Waals surface area contributed by atoms with Crippen LogP contribution in [0, 0.1) is 12.8 Å². The van der Waals surface area contributed by atoms with Crippen molar-refractivity contribution in [2.24, 2.45) is 5.92 Å². The van der Waals surface area contributed by atoms with Crippen LogP contribution in [-0.4, -0.2) is 60.7 Å². The highest BCUT2D eigenvalue weighted by Crippen LogP contribution is 2.16. The highest BCUT2D eigenvalue weighted by Gasteiger charge is 2.23. The van der Waals surface area contributed by atoms with Gasteiger partial charge in [-0.2, -0.15) is 0 Å². The van der Waals surface area contributed by atoms with Crippen molar-refractivity contribution in [3.05, 3.63) is 29.6 Å². The van der Waals surface area contributed by atoms with Crippen LogP contribution in [0.15, 0.2) is 18.2 Å². The van der Waals surface area contributed by atoms with E-state index in [0.29, 0.717) is 18.3 Å². The van der Waals surface area contributed by atoms with Crippen molar-refractivity contribution in [2.75, 3.05) is 39.9 Å². The molecular weight excluding hydrogens is 304 g/mol. The zero-order valence-corrected chi connectivity index (χ0v) is 14.5. The fraction of sp³-hybridized carbons (Fsp3) is 0.556. The summed E-state index contributed by atoms with van der Waals surface area (Å²) in [5.41, 5.74) is 2.89. The number of carbonyl (C=O) groups is 1. The molecule has 24 heavy (non-hydrogen) atoms. The first kappa shape index (κ1) is 16.9. The lowest BCUT2D eigenvalue weighted by molar-refractivity contribution is 0.0938. The van der Waals surface area contributed by atoms with Crippen LogP contribution in [0.2, 0.25) is 0 Å². The minimum Gasteiger partial charge on any atom is -0.385 e. The largest absolute Gasteiger partial charge is 0.385 e. The van der Waals surface area contributed by atoms with Gasteiger partial charge in [-0.3, -0.25) is 4.79 Å². The van der Waals surface area contributed by atoms with Crippen molar-refractivity contribution in [2.45, 2.75) is 19.8 Å². The molecule has 1 atom stereocenters. The van der Waals surface area contributed by atoms with Gasteiger partial charge in [0.2, 0.25) is 0 Å². The summed E-state index contributed by atoms with van der Waals surface area (Å²) >= 11 is 0. The lowest BCUT2D eigenvalue weighted by Crippen LogP contribution is -2.31. The number of amides is 1. The Labute approximate surface area is 142 Å². The molecule has 0 bridgehead atoms. The maximum atomic E-state index is 12.3. The average Bonchev–Trinajstić information content (AvgIpc) is 3.19. The van der Waals surface area contributed by atoms with Crippen LogP contribution in [0.3, 0.4) is 0 Å². The summed E-state index contributed by atoms with van der Waals surface area (Å²) in [6, 6.07) is 5.95. The van der Waals surface area contributed by atoms with Crippen molar-refractivity contribution >= 4 is 16.9 Å². The van der Waals surface area contributed by atoms with Crippen molar-refractivity contribution in [3.8, 4) is 0 Å². The molecule has 0 saturated carbocycles. The summed E-state index contributed by atoms with van der Waals surface area (Å²) in [7, 11) is 1.74. The van der Waals surface area contributed by atoms with E-state index in [0.717, 1.165) is 55.7 Å². The number of nitrogens with one attached hydrogen (secondary N) is 2. The molecule has 1 amide bonds. The van der Waals surface area contributed by atoms with Crippen LogP contribution < -0.4 is 5.32 Å². The molecule has 1 aromatic heterocycles. The third-order valence-electron chi connectivity index (χ3n) is 4.60. The number of benzene rings is 1. The molecule has 2 N–H and O–H groups in total. The van der Waals surface area contributed by atoms with Gasteiger partial charge in [0.15, 0.2) is 5.82 Å². The van der Waals surface area contributed by atoms with E-state index in [1.807, 2.05) is 25.1 Å². The van der Waals surface area contributed by atoms with Crippen LogP contribution >= 0.6 is 0 Å². The molecule has 0 aliphatic carbocycles. The molecule has 6 nitrogen and oxygen atoms in total. The highest BCUT2D eigenvalue weighted by atomic mass is 16.5. The third-order valence-corrected chi connectivity index (χ3v) is 4.60. The normalized spacial score (nSPS) is 18.3. The molecule has 3 rings (SSSR count). The minimum atomic E-state index is -0.123. The lowest BCUT2D eigenvalue weighted by Gasteiger charge is -2.15. The molecule has 1 aliphatic rings. The summed E-state index contributed by atoms with van der Waals surface area (Å²) in [5, 5.41) is 3.02. The maximum Gasteiger partial charge on any atom is 0.287 e. The van der Waals surface area contributed by atoms with Crippen LogP contribution in [0.5, 0.6) is 0 Å². The van der Waals surface area contributed by atoms with E-state index in [1.165, 1.54) is 0 Å². The Morgan fingerprint density at radius 2 is 2.38 bits per heavy atom. The number of ether oxygens (including phenoxy) is 1. The summed E-state index contributed by atoms with van der Waals surface area (Å²) in [6.07, 6.45) is 2.20. The standard InChI is InChI=1S/C18H26N4O2/c1-13-4-5-15-16(10-13)21-17(20-15)18(23)19-11-14-6-8-22(12-14)7-3-9-24-2/h4-5,10,14H,3,6-9,11-12H2,1-2H3,(H,19,23)(H,20,21)/t14-/m1/s1. The van der Waals surface area contributed by atoms with Crippen molar-refractivity contribution in [1.29, 1.82) is 0 Å². The molecule has 0 radical (unpaired) electrons. The zero-order chi connectivity index (χ0) is 16.9. The van der Waals surface area contributed by atoms with Gasteiger partial charge >= 0.3 is 0 Å². The van der Waals surface area contributed by atoms with Crippen LogP contribution in [0.4, 0.5) is 0 Å². The number of fused-ring (bicyclic) bond motifs is 1. The molecule has 2 heterocycles.